The molecule has 0 aliphatic carbocycles. The van der Waals surface area contributed by atoms with Crippen LogP contribution in [0.5, 0.6) is 0 Å². The first kappa shape index (κ1) is 18.7. The maximum absolute atomic E-state index is 12.5. The highest BCUT2D eigenvalue weighted by molar-refractivity contribution is 6.34. The second kappa shape index (κ2) is 8.05. The molecular weight excluding hydrogens is 366 g/mol. The topological polar surface area (TPSA) is 84.2 Å². The van der Waals surface area contributed by atoms with Crippen LogP contribution in [0, 0.1) is 13.8 Å². The monoisotopic (exact) mass is 383 g/mol. The van der Waals surface area contributed by atoms with Gasteiger partial charge in [-0.15, -0.1) is 0 Å². The van der Waals surface area contributed by atoms with E-state index < -0.39 is 5.91 Å². The Morgan fingerprint density at radius 3 is 2.67 bits per heavy atom. The summed E-state index contributed by atoms with van der Waals surface area (Å²) >= 11 is 6.23. The third-order valence-electron chi connectivity index (χ3n) is 3.93. The number of amides is 2. The van der Waals surface area contributed by atoms with Gasteiger partial charge < -0.3 is 15.1 Å². The first-order valence-corrected chi connectivity index (χ1v) is 8.66. The second-order valence-electron chi connectivity index (χ2n) is 6.08. The van der Waals surface area contributed by atoms with E-state index in [4.69, 9.17) is 16.0 Å². The molecule has 27 heavy (non-hydrogen) atoms. The van der Waals surface area contributed by atoms with Crippen LogP contribution in [0.15, 0.2) is 53.3 Å². The van der Waals surface area contributed by atoms with Crippen molar-refractivity contribution in [3.63, 3.8) is 0 Å². The van der Waals surface area contributed by atoms with E-state index in [-0.39, 0.29) is 18.1 Å². The summed E-state index contributed by atoms with van der Waals surface area (Å²) in [6.07, 6.45) is 2.95. The number of aromatic nitrogens is 1. The SMILES string of the molecule is Cc1cc(C)c(NC(=O)c2cc(C(=O)NCc3ccco3)ccn2)c(Cl)c1. The average Bonchev–Trinajstić information content (AvgIpc) is 3.16. The number of hydrogen-bond acceptors (Lipinski definition) is 4. The van der Waals surface area contributed by atoms with Gasteiger partial charge >= 0.3 is 0 Å². The van der Waals surface area contributed by atoms with E-state index in [1.165, 1.54) is 18.5 Å². The van der Waals surface area contributed by atoms with Gasteiger partial charge in [0.15, 0.2) is 0 Å². The van der Waals surface area contributed by atoms with Crippen LogP contribution >= 0.6 is 11.6 Å². The smallest absolute Gasteiger partial charge is 0.274 e. The van der Waals surface area contributed by atoms with Crippen LogP contribution in [0.4, 0.5) is 5.69 Å². The molecule has 0 spiro atoms. The quantitative estimate of drug-likeness (QED) is 0.693. The van der Waals surface area contributed by atoms with Crippen molar-refractivity contribution in [2.24, 2.45) is 0 Å². The minimum Gasteiger partial charge on any atom is -0.467 e. The zero-order chi connectivity index (χ0) is 19.4. The van der Waals surface area contributed by atoms with Gasteiger partial charge in [-0.2, -0.15) is 0 Å². The Hall–Kier alpha value is -3.12. The number of hydrogen-bond donors (Lipinski definition) is 2. The van der Waals surface area contributed by atoms with Crippen LogP contribution < -0.4 is 10.6 Å². The van der Waals surface area contributed by atoms with Gasteiger partial charge in [0.1, 0.15) is 11.5 Å². The third kappa shape index (κ3) is 4.54. The van der Waals surface area contributed by atoms with E-state index in [0.717, 1.165) is 11.1 Å². The molecule has 2 aromatic heterocycles. The summed E-state index contributed by atoms with van der Waals surface area (Å²) < 4.78 is 5.18. The lowest BCUT2D eigenvalue weighted by molar-refractivity contribution is 0.0948. The normalized spacial score (nSPS) is 10.5. The summed E-state index contributed by atoms with van der Waals surface area (Å²) in [5.41, 5.74) is 2.83. The highest BCUT2D eigenvalue weighted by Crippen LogP contribution is 2.27. The van der Waals surface area contributed by atoms with Gasteiger partial charge in [-0.1, -0.05) is 17.7 Å². The van der Waals surface area contributed by atoms with Gasteiger partial charge in [0.2, 0.25) is 0 Å². The molecule has 3 rings (SSSR count). The van der Waals surface area contributed by atoms with Gasteiger partial charge in [0.05, 0.1) is 23.5 Å². The molecule has 0 bridgehead atoms. The maximum Gasteiger partial charge on any atom is 0.274 e. The number of pyridine rings is 1. The third-order valence-corrected chi connectivity index (χ3v) is 4.23. The lowest BCUT2D eigenvalue weighted by Gasteiger charge is -2.11. The zero-order valence-corrected chi connectivity index (χ0v) is 15.6. The number of rotatable bonds is 5. The number of aryl methyl sites for hydroxylation is 2. The first-order valence-electron chi connectivity index (χ1n) is 8.29. The summed E-state index contributed by atoms with van der Waals surface area (Å²) in [4.78, 5) is 28.9. The Balaban J connectivity index is 1.73. The van der Waals surface area contributed by atoms with E-state index in [1.807, 2.05) is 19.9 Å². The summed E-state index contributed by atoms with van der Waals surface area (Å²) in [7, 11) is 0. The number of halogens is 1. The van der Waals surface area contributed by atoms with Gasteiger partial charge in [-0.25, -0.2) is 0 Å². The van der Waals surface area contributed by atoms with Crippen LogP contribution in [0.1, 0.15) is 37.7 Å². The fourth-order valence-electron chi connectivity index (χ4n) is 2.63. The lowest BCUT2D eigenvalue weighted by atomic mass is 10.1. The zero-order valence-electron chi connectivity index (χ0n) is 14.9. The van der Waals surface area contributed by atoms with Crippen molar-refractivity contribution in [1.82, 2.24) is 10.3 Å². The van der Waals surface area contributed by atoms with E-state index >= 15 is 0 Å². The van der Waals surface area contributed by atoms with Gasteiger partial charge in [0, 0.05) is 11.8 Å². The molecule has 0 atom stereocenters. The summed E-state index contributed by atoms with van der Waals surface area (Å²) in [6, 6.07) is 10.2. The second-order valence-corrected chi connectivity index (χ2v) is 6.49. The largest absolute Gasteiger partial charge is 0.467 e. The molecule has 0 aliphatic rings. The molecule has 138 valence electrons. The highest BCUT2D eigenvalue weighted by atomic mass is 35.5. The molecule has 0 unspecified atom stereocenters. The standard InChI is InChI=1S/C20H18ClN3O3/c1-12-8-13(2)18(16(21)9-12)24-20(26)17-10-14(5-6-22-17)19(25)23-11-15-4-3-7-27-15/h3-10H,11H2,1-2H3,(H,23,25)(H,24,26). The minimum absolute atomic E-state index is 0.122. The summed E-state index contributed by atoms with van der Waals surface area (Å²) in [6.45, 7) is 4.05. The molecule has 3 aromatic rings. The number of benzene rings is 1. The van der Waals surface area contributed by atoms with Crippen molar-refractivity contribution >= 4 is 29.1 Å². The molecule has 2 N–H and O–H groups in total. The van der Waals surface area contributed by atoms with Crippen molar-refractivity contribution in [2.75, 3.05) is 5.32 Å². The predicted octanol–water partition coefficient (Wildman–Crippen LogP) is 4.13. The molecule has 6 nitrogen and oxygen atoms in total. The number of carbonyl (C=O) groups excluding carboxylic acids is 2. The Kier molecular flexibility index (Phi) is 5.57. The van der Waals surface area contributed by atoms with E-state index in [2.05, 4.69) is 15.6 Å². The average molecular weight is 384 g/mol. The number of anilines is 1. The van der Waals surface area contributed by atoms with E-state index in [0.29, 0.717) is 22.0 Å². The van der Waals surface area contributed by atoms with Crippen LogP contribution in [-0.2, 0) is 6.54 Å². The molecule has 7 heteroatoms. The fraction of sp³-hybridized carbons (Fsp3) is 0.150. The Morgan fingerprint density at radius 2 is 1.96 bits per heavy atom. The molecule has 1 aromatic carbocycles. The van der Waals surface area contributed by atoms with Gasteiger partial charge in [-0.3, -0.25) is 14.6 Å². The van der Waals surface area contributed by atoms with Gasteiger partial charge in [0.25, 0.3) is 11.8 Å². The van der Waals surface area contributed by atoms with Crippen molar-refractivity contribution in [3.8, 4) is 0 Å². The molecule has 2 heterocycles. The van der Waals surface area contributed by atoms with Crippen molar-refractivity contribution in [1.29, 1.82) is 0 Å². The Labute approximate surface area is 161 Å². The Morgan fingerprint density at radius 1 is 1.15 bits per heavy atom. The minimum atomic E-state index is -0.440. The van der Waals surface area contributed by atoms with Crippen LogP contribution in [0.25, 0.3) is 0 Å². The molecule has 0 saturated heterocycles. The number of furan rings is 1. The fourth-order valence-corrected chi connectivity index (χ4v) is 3.00. The maximum atomic E-state index is 12.5. The highest BCUT2D eigenvalue weighted by Gasteiger charge is 2.15. The number of nitrogens with one attached hydrogen (secondary N) is 2. The van der Waals surface area contributed by atoms with E-state index in [1.54, 1.807) is 24.3 Å². The molecule has 0 saturated carbocycles. The Bertz CT molecular complexity index is 961. The molecule has 0 fully saturated rings. The van der Waals surface area contributed by atoms with E-state index in [9.17, 15) is 9.59 Å². The molecular formula is C20H18ClN3O3. The first-order chi connectivity index (χ1) is 12.9. The molecule has 2 amide bonds. The van der Waals surface area contributed by atoms with Gasteiger partial charge in [-0.05, 0) is 55.3 Å². The van der Waals surface area contributed by atoms with Crippen LogP contribution in [0.3, 0.4) is 0 Å². The van der Waals surface area contributed by atoms with Crippen molar-refractivity contribution < 1.29 is 14.0 Å². The predicted molar refractivity (Wildman–Crippen MR) is 103 cm³/mol. The van der Waals surface area contributed by atoms with Crippen LogP contribution in [-0.4, -0.2) is 16.8 Å². The molecule has 0 aliphatic heterocycles. The van der Waals surface area contributed by atoms with Crippen molar-refractivity contribution in [3.05, 3.63) is 82.0 Å². The lowest BCUT2D eigenvalue weighted by Crippen LogP contribution is -2.23. The summed E-state index contributed by atoms with van der Waals surface area (Å²) in [5.74, 6) is -0.128. The summed E-state index contributed by atoms with van der Waals surface area (Å²) in [5, 5.41) is 5.94. The number of carbonyl (C=O) groups is 2. The van der Waals surface area contributed by atoms with Crippen LogP contribution in [0.2, 0.25) is 5.02 Å². The molecule has 0 radical (unpaired) electrons. The van der Waals surface area contributed by atoms with Crippen molar-refractivity contribution in [2.45, 2.75) is 20.4 Å². The number of nitrogens with zero attached hydrogens (tertiary/aromatic N) is 1.